The smallest absolute Gasteiger partial charge is 0.108 e. The third-order valence-corrected chi connectivity index (χ3v) is 2.99. The van der Waals surface area contributed by atoms with Gasteiger partial charge in [0.2, 0.25) is 0 Å². The van der Waals surface area contributed by atoms with E-state index in [2.05, 4.69) is 0 Å². The van der Waals surface area contributed by atoms with Crippen LogP contribution in [0.4, 0.5) is 0 Å². The van der Waals surface area contributed by atoms with E-state index in [1.54, 1.807) is 0 Å². The molecule has 1 aliphatic rings. The van der Waals surface area contributed by atoms with Crippen molar-refractivity contribution in [3.63, 3.8) is 0 Å². The summed E-state index contributed by atoms with van der Waals surface area (Å²) in [5.74, 6) is 0. The standard InChI is InChI=1S/C10H11Cl2NO/c1-13-6-5-9(14-13)10-7(11)3-2-4-8(10)12/h2-4,9H,5-6H2,1H3. The molecule has 14 heavy (non-hydrogen) atoms. The van der Waals surface area contributed by atoms with E-state index in [1.807, 2.05) is 30.3 Å². The average Bonchev–Trinajstić information content (AvgIpc) is 2.51. The fraction of sp³-hybridized carbons (Fsp3) is 0.400. The van der Waals surface area contributed by atoms with Gasteiger partial charge in [0, 0.05) is 29.2 Å². The van der Waals surface area contributed by atoms with Gasteiger partial charge < -0.3 is 0 Å². The number of rotatable bonds is 1. The maximum absolute atomic E-state index is 6.07. The second kappa shape index (κ2) is 4.07. The molecule has 0 N–H and O–H groups in total. The summed E-state index contributed by atoms with van der Waals surface area (Å²) in [4.78, 5) is 5.57. The molecule has 0 amide bonds. The first-order valence-electron chi connectivity index (χ1n) is 4.50. The number of benzene rings is 1. The van der Waals surface area contributed by atoms with Gasteiger partial charge in [-0.3, -0.25) is 4.84 Å². The van der Waals surface area contributed by atoms with Crippen LogP contribution in [-0.2, 0) is 4.84 Å². The van der Waals surface area contributed by atoms with E-state index in [0.29, 0.717) is 10.0 Å². The van der Waals surface area contributed by atoms with Crippen LogP contribution in [0.2, 0.25) is 10.0 Å². The molecule has 2 nitrogen and oxygen atoms in total. The topological polar surface area (TPSA) is 12.5 Å². The molecule has 1 aromatic rings. The highest BCUT2D eigenvalue weighted by Crippen LogP contribution is 2.37. The van der Waals surface area contributed by atoms with E-state index in [0.717, 1.165) is 18.5 Å². The Bertz CT molecular complexity index is 323. The first-order chi connectivity index (χ1) is 6.68. The molecule has 4 heteroatoms. The van der Waals surface area contributed by atoms with Crippen LogP contribution < -0.4 is 0 Å². The lowest BCUT2D eigenvalue weighted by Gasteiger charge is -2.14. The second-order valence-electron chi connectivity index (χ2n) is 3.37. The zero-order valence-electron chi connectivity index (χ0n) is 7.84. The first-order valence-corrected chi connectivity index (χ1v) is 5.26. The van der Waals surface area contributed by atoms with Crippen LogP contribution in [0.1, 0.15) is 18.1 Å². The van der Waals surface area contributed by atoms with Crippen LogP contribution in [0.25, 0.3) is 0 Å². The molecule has 0 spiro atoms. The molecule has 0 saturated carbocycles. The molecule has 1 aromatic carbocycles. The molecule has 76 valence electrons. The van der Waals surface area contributed by atoms with Gasteiger partial charge in [-0.2, -0.15) is 5.06 Å². The Labute approximate surface area is 93.3 Å². The predicted octanol–water partition coefficient (Wildman–Crippen LogP) is 3.30. The number of hydrogen-bond donors (Lipinski definition) is 0. The number of hydrogen-bond acceptors (Lipinski definition) is 2. The van der Waals surface area contributed by atoms with Crippen molar-refractivity contribution in [2.24, 2.45) is 0 Å². The van der Waals surface area contributed by atoms with E-state index in [9.17, 15) is 0 Å². The lowest BCUT2D eigenvalue weighted by Crippen LogP contribution is -2.10. The van der Waals surface area contributed by atoms with Crippen LogP contribution in [0.15, 0.2) is 18.2 Å². The molecule has 1 fully saturated rings. The number of halogens is 2. The fourth-order valence-corrected chi connectivity index (χ4v) is 2.28. The molecule has 0 aromatic heterocycles. The molecule has 0 aliphatic carbocycles. The van der Waals surface area contributed by atoms with Crippen molar-refractivity contribution in [2.45, 2.75) is 12.5 Å². The van der Waals surface area contributed by atoms with Crippen molar-refractivity contribution >= 4 is 23.2 Å². The fourth-order valence-electron chi connectivity index (χ4n) is 1.64. The normalized spacial score (nSPS) is 22.9. The zero-order valence-corrected chi connectivity index (χ0v) is 9.35. The van der Waals surface area contributed by atoms with Gasteiger partial charge in [0.15, 0.2) is 0 Å². The van der Waals surface area contributed by atoms with E-state index in [-0.39, 0.29) is 6.10 Å². The van der Waals surface area contributed by atoms with Gasteiger partial charge in [0.05, 0.1) is 0 Å². The Kier molecular flexibility index (Phi) is 2.98. The molecule has 1 saturated heterocycles. The minimum Gasteiger partial charge on any atom is -0.291 e. The van der Waals surface area contributed by atoms with Gasteiger partial charge in [-0.1, -0.05) is 29.3 Å². The number of nitrogens with zero attached hydrogens (tertiary/aromatic N) is 1. The van der Waals surface area contributed by atoms with Crippen LogP contribution in [0.3, 0.4) is 0 Å². The SMILES string of the molecule is CN1CCC(c2c(Cl)cccc2Cl)O1. The molecule has 0 bridgehead atoms. The highest BCUT2D eigenvalue weighted by molar-refractivity contribution is 6.36. The Morgan fingerprint density at radius 2 is 2.00 bits per heavy atom. The Morgan fingerprint density at radius 1 is 1.36 bits per heavy atom. The highest BCUT2D eigenvalue weighted by Gasteiger charge is 2.26. The molecule has 1 atom stereocenters. The molecule has 2 rings (SSSR count). The van der Waals surface area contributed by atoms with Crippen molar-refractivity contribution in [3.8, 4) is 0 Å². The summed E-state index contributed by atoms with van der Waals surface area (Å²) < 4.78 is 0. The van der Waals surface area contributed by atoms with E-state index in [1.165, 1.54) is 0 Å². The average molecular weight is 232 g/mol. The van der Waals surface area contributed by atoms with Crippen molar-refractivity contribution < 1.29 is 4.84 Å². The molecule has 1 heterocycles. The van der Waals surface area contributed by atoms with Crippen LogP contribution in [0, 0.1) is 0 Å². The van der Waals surface area contributed by atoms with Gasteiger partial charge >= 0.3 is 0 Å². The maximum Gasteiger partial charge on any atom is 0.108 e. The van der Waals surface area contributed by atoms with Crippen molar-refractivity contribution in [2.75, 3.05) is 13.6 Å². The Hall–Kier alpha value is -0.280. The van der Waals surface area contributed by atoms with Gasteiger partial charge in [0.1, 0.15) is 6.10 Å². The Balaban J connectivity index is 2.31. The second-order valence-corrected chi connectivity index (χ2v) is 4.18. The van der Waals surface area contributed by atoms with Crippen molar-refractivity contribution in [1.29, 1.82) is 0 Å². The van der Waals surface area contributed by atoms with Crippen molar-refractivity contribution in [3.05, 3.63) is 33.8 Å². The van der Waals surface area contributed by atoms with Gasteiger partial charge in [-0.25, -0.2) is 0 Å². The van der Waals surface area contributed by atoms with E-state index >= 15 is 0 Å². The van der Waals surface area contributed by atoms with E-state index < -0.39 is 0 Å². The summed E-state index contributed by atoms with van der Waals surface area (Å²) in [6.45, 7) is 0.909. The highest BCUT2D eigenvalue weighted by atomic mass is 35.5. The molecule has 1 aliphatic heterocycles. The largest absolute Gasteiger partial charge is 0.291 e. The Morgan fingerprint density at radius 3 is 2.50 bits per heavy atom. The lowest BCUT2D eigenvalue weighted by atomic mass is 10.1. The lowest BCUT2D eigenvalue weighted by molar-refractivity contribution is -0.128. The predicted molar refractivity (Wildman–Crippen MR) is 57.5 cm³/mol. The monoisotopic (exact) mass is 231 g/mol. The zero-order chi connectivity index (χ0) is 10.1. The molecule has 0 radical (unpaired) electrons. The molecule has 1 unspecified atom stereocenters. The summed E-state index contributed by atoms with van der Waals surface area (Å²) in [5, 5.41) is 3.17. The van der Waals surface area contributed by atoms with Gasteiger partial charge in [0.25, 0.3) is 0 Å². The van der Waals surface area contributed by atoms with Gasteiger partial charge in [-0.05, 0) is 18.6 Å². The third-order valence-electron chi connectivity index (χ3n) is 2.34. The quantitative estimate of drug-likeness (QED) is 0.736. The van der Waals surface area contributed by atoms with Crippen LogP contribution in [0.5, 0.6) is 0 Å². The maximum atomic E-state index is 6.07. The van der Waals surface area contributed by atoms with Crippen molar-refractivity contribution in [1.82, 2.24) is 5.06 Å². The van der Waals surface area contributed by atoms with Crippen LogP contribution >= 0.6 is 23.2 Å². The molecular formula is C10H11Cl2NO. The third kappa shape index (κ3) is 1.89. The number of hydroxylamine groups is 2. The summed E-state index contributed by atoms with van der Waals surface area (Å²) in [6, 6.07) is 5.52. The van der Waals surface area contributed by atoms with Crippen LogP contribution in [-0.4, -0.2) is 18.7 Å². The first kappa shape index (κ1) is 10.2. The minimum atomic E-state index is 0.00111. The summed E-state index contributed by atoms with van der Waals surface area (Å²) >= 11 is 12.1. The summed E-state index contributed by atoms with van der Waals surface area (Å²) in [7, 11) is 1.91. The van der Waals surface area contributed by atoms with E-state index in [4.69, 9.17) is 28.0 Å². The van der Waals surface area contributed by atoms with Gasteiger partial charge in [-0.15, -0.1) is 0 Å². The molecular weight excluding hydrogens is 221 g/mol. The summed E-state index contributed by atoms with van der Waals surface area (Å²) in [5.41, 5.74) is 0.903. The summed E-state index contributed by atoms with van der Waals surface area (Å²) in [6.07, 6.45) is 0.932. The minimum absolute atomic E-state index is 0.00111.